The van der Waals surface area contributed by atoms with Gasteiger partial charge in [-0.05, 0) is 25.3 Å². The number of hydrogen-bond acceptors (Lipinski definition) is 1. The fourth-order valence-electron chi connectivity index (χ4n) is 2.10. The van der Waals surface area contributed by atoms with E-state index in [9.17, 15) is 0 Å². The maximum Gasteiger partial charge on any atom is -0.00489 e. The summed E-state index contributed by atoms with van der Waals surface area (Å²) in [5.74, 6) is 0.804. The molecule has 0 radical (unpaired) electrons. The van der Waals surface area contributed by atoms with Gasteiger partial charge in [0.05, 0.1) is 0 Å². The zero-order chi connectivity index (χ0) is 11.4. The standard InChI is InChI=1S/C14H31N/c1-3-5-7-9-11-14(13-15)12-10-8-6-4-2/h14H,3-13,15H2,1-2H3. The van der Waals surface area contributed by atoms with E-state index in [0.717, 1.165) is 12.5 Å². The highest BCUT2D eigenvalue weighted by Gasteiger charge is 2.05. The highest BCUT2D eigenvalue weighted by molar-refractivity contribution is 4.60. The molecule has 2 N–H and O–H groups in total. The summed E-state index contributed by atoms with van der Waals surface area (Å²) in [5, 5.41) is 0. The van der Waals surface area contributed by atoms with E-state index in [2.05, 4.69) is 13.8 Å². The van der Waals surface area contributed by atoms with E-state index in [1.807, 2.05) is 0 Å². The Balaban J connectivity index is 3.29. The van der Waals surface area contributed by atoms with Gasteiger partial charge in [-0.3, -0.25) is 0 Å². The second-order valence-electron chi connectivity index (χ2n) is 4.80. The van der Waals surface area contributed by atoms with Crippen molar-refractivity contribution in [3.8, 4) is 0 Å². The summed E-state index contributed by atoms with van der Waals surface area (Å²) in [5.41, 5.74) is 5.80. The molecule has 0 aliphatic heterocycles. The lowest BCUT2D eigenvalue weighted by atomic mass is 9.95. The van der Waals surface area contributed by atoms with Gasteiger partial charge in [0.15, 0.2) is 0 Å². The third-order valence-corrected chi connectivity index (χ3v) is 3.27. The minimum atomic E-state index is 0.804. The molecule has 0 fully saturated rings. The molecule has 1 nitrogen and oxygen atoms in total. The second-order valence-corrected chi connectivity index (χ2v) is 4.80. The molecule has 0 aromatic carbocycles. The van der Waals surface area contributed by atoms with Gasteiger partial charge in [0.1, 0.15) is 0 Å². The summed E-state index contributed by atoms with van der Waals surface area (Å²) < 4.78 is 0. The van der Waals surface area contributed by atoms with Gasteiger partial charge in [0, 0.05) is 0 Å². The van der Waals surface area contributed by atoms with Crippen LogP contribution in [-0.2, 0) is 0 Å². The van der Waals surface area contributed by atoms with Crippen molar-refractivity contribution in [3.63, 3.8) is 0 Å². The molecular weight excluding hydrogens is 182 g/mol. The van der Waals surface area contributed by atoms with E-state index >= 15 is 0 Å². The Morgan fingerprint density at radius 1 is 0.733 bits per heavy atom. The molecular formula is C14H31N. The zero-order valence-corrected chi connectivity index (χ0v) is 10.9. The quantitative estimate of drug-likeness (QED) is 0.502. The Bertz CT molecular complexity index is 99.9. The fourth-order valence-corrected chi connectivity index (χ4v) is 2.10. The molecule has 0 aromatic heterocycles. The van der Waals surface area contributed by atoms with Crippen molar-refractivity contribution in [2.45, 2.75) is 78.1 Å². The lowest BCUT2D eigenvalue weighted by Gasteiger charge is -2.14. The Kier molecular flexibility index (Phi) is 12.0. The van der Waals surface area contributed by atoms with E-state index in [1.165, 1.54) is 64.2 Å². The van der Waals surface area contributed by atoms with Crippen LogP contribution in [0.3, 0.4) is 0 Å². The summed E-state index contributed by atoms with van der Waals surface area (Å²) in [7, 11) is 0. The highest BCUT2D eigenvalue weighted by atomic mass is 14.5. The number of nitrogens with two attached hydrogens (primary N) is 1. The second kappa shape index (κ2) is 12.0. The summed E-state index contributed by atoms with van der Waals surface area (Å²) in [4.78, 5) is 0. The Hall–Kier alpha value is -0.0400. The van der Waals surface area contributed by atoms with Crippen LogP contribution in [0.25, 0.3) is 0 Å². The first kappa shape index (κ1) is 15.0. The first-order valence-corrected chi connectivity index (χ1v) is 7.05. The molecule has 0 aliphatic carbocycles. The summed E-state index contributed by atoms with van der Waals surface area (Å²) >= 11 is 0. The van der Waals surface area contributed by atoms with Crippen LogP contribution in [0.1, 0.15) is 78.1 Å². The van der Waals surface area contributed by atoms with Gasteiger partial charge in [-0.25, -0.2) is 0 Å². The highest BCUT2D eigenvalue weighted by Crippen LogP contribution is 2.17. The van der Waals surface area contributed by atoms with Gasteiger partial charge >= 0.3 is 0 Å². The molecule has 0 saturated carbocycles. The van der Waals surface area contributed by atoms with Crippen LogP contribution < -0.4 is 5.73 Å². The number of unbranched alkanes of at least 4 members (excludes halogenated alkanes) is 6. The van der Waals surface area contributed by atoms with E-state index in [1.54, 1.807) is 0 Å². The third kappa shape index (κ3) is 10.2. The van der Waals surface area contributed by atoms with Gasteiger partial charge in [-0.15, -0.1) is 0 Å². The predicted octanol–water partition coefficient (Wildman–Crippen LogP) is 4.50. The third-order valence-electron chi connectivity index (χ3n) is 3.27. The lowest BCUT2D eigenvalue weighted by Crippen LogP contribution is -2.14. The minimum Gasteiger partial charge on any atom is -0.330 e. The topological polar surface area (TPSA) is 26.0 Å². The van der Waals surface area contributed by atoms with Crippen molar-refractivity contribution in [3.05, 3.63) is 0 Å². The molecule has 0 aromatic rings. The maximum absolute atomic E-state index is 5.80. The van der Waals surface area contributed by atoms with Crippen LogP contribution >= 0.6 is 0 Å². The molecule has 0 saturated heterocycles. The largest absolute Gasteiger partial charge is 0.330 e. The summed E-state index contributed by atoms with van der Waals surface area (Å²) in [6.07, 6.45) is 13.8. The molecule has 0 heterocycles. The van der Waals surface area contributed by atoms with Crippen molar-refractivity contribution in [2.75, 3.05) is 6.54 Å². The van der Waals surface area contributed by atoms with Crippen molar-refractivity contribution < 1.29 is 0 Å². The van der Waals surface area contributed by atoms with Gasteiger partial charge in [-0.2, -0.15) is 0 Å². The molecule has 0 unspecified atom stereocenters. The van der Waals surface area contributed by atoms with Crippen LogP contribution in [0.5, 0.6) is 0 Å². The molecule has 15 heavy (non-hydrogen) atoms. The smallest absolute Gasteiger partial charge is 0.00489 e. The fraction of sp³-hybridized carbons (Fsp3) is 1.00. The maximum atomic E-state index is 5.80. The van der Waals surface area contributed by atoms with E-state index in [4.69, 9.17) is 5.73 Å². The zero-order valence-electron chi connectivity index (χ0n) is 10.9. The first-order chi connectivity index (χ1) is 7.35. The predicted molar refractivity (Wildman–Crippen MR) is 70.1 cm³/mol. The molecule has 1 heteroatoms. The molecule has 0 rings (SSSR count). The van der Waals surface area contributed by atoms with Gasteiger partial charge < -0.3 is 5.73 Å². The van der Waals surface area contributed by atoms with Crippen LogP contribution in [0.2, 0.25) is 0 Å². The molecule has 0 aliphatic rings. The van der Waals surface area contributed by atoms with Gasteiger partial charge in [0.25, 0.3) is 0 Å². The average Bonchev–Trinajstić information content (AvgIpc) is 2.27. The number of rotatable bonds is 11. The van der Waals surface area contributed by atoms with Crippen LogP contribution in [0.15, 0.2) is 0 Å². The van der Waals surface area contributed by atoms with Crippen molar-refractivity contribution >= 4 is 0 Å². The van der Waals surface area contributed by atoms with Crippen LogP contribution in [-0.4, -0.2) is 6.54 Å². The SMILES string of the molecule is CCCCCCC(CN)CCCCCC. The van der Waals surface area contributed by atoms with E-state index in [-0.39, 0.29) is 0 Å². The monoisotopic (exact) mass is 213 g/mol. The van der Waals surface area contributed by atoms with Crippen LogP contribution in [0.4, 0.5) is 0 Å². The first-order valence-electron chi connectivity index (χ1n) is 7.05. The summed E-state index contributed by atoms with van der Waals surface area (Å²) in [6, 6.07) is 0. The van der Waals surface area contributed by atoms with Crippen molar-refractivity contribution in [1.29, 1.82) is 0 Å². The minimum absolute atomic E-state index is 0.804. The lowest BCUT2D eigenvalue weighted by molar-refractivity contribution is 0.414. The van der Waals surface area contributed by atoms with Gasteiger partial charge in [0.2, 0.25) is 0 Å². The molecule has 92 valence electrons. The van der Waals surface area contributed by atoms with Crippen molar-refractivity contribution in [1.82, 2.24) is 0 Å². The Labute approximate surface area is 96.8 Å². The van der Waals surface area contributed by atoms with E-state index < -0.39 is 0 Å². The molecule has 0 atom stereocenters. The Morgan fingerprint density at radius 2 is 1.20 bits per heavy atom. The van der Waals surface area contributed by atoms with Crippen molar-refractivity contribution in [2.24, 2.45) is 11.7 Å². The van der Waals surface area contributed by atoms with Crippen LogP contribution in [0, 0.1) is 5.92 Å². The van der Waals surface area contributed by atoms with Gasteiger partial charge in [-0.1, -0.05) is 65.2 Å². The number of hydrogen-bond donors (Lipinski definition) is 1. The summed E-state index contributed by atoms with van der Waals surface area (Å²) in [6.45, 7) is 5.44. The molecule has 0 spiro atoms. The average molecular weight is 213 g/mol. The van der Waals surface area contributed by atoms with E-state index in [0.29, 0.717) is 0 Å². The Morgan fingerprint density at radius 3 is 1.53 bits per heavy atom. The molecule has 0 amide bonds. The molecule has 0 bridgehead atoms. The normalized spacial score (nSPS) is 11.2.